The predicted octanol–water partition coefficient (Wildman–Crippen LogP) is 4.25. The number of halogens is 1. The molecule has 2 aromatic carbocycles. The summed E-state index contributed by atoms with van der Waals surface area (Å²) in [7, 11) is 1.70. The number of nitrogens with two attached hydrogens (primary N) is 1. The third kappa shape index (κ3) is 6.16. The predicted molar refractivity (Wildman–Crippen MR) is 125 cm³/mol. The van der Waals surface area contributed by atoms with Gasteiger partial charge in [0.05, 0.1) is 35.2 Å². The fourth-order valence-corrected chi connectivity index (χ4v) is 3.77. The van der Waals surface area contributed by atoms with Crippen LogP contribution in [0.15, 0.2) is 59.1 Å². The number of anilines is 1. The van der Waals surface area contributed by atoms with Crippen LogP contribution in [0.2, 0.25) is 0 Å². The van der Waals surface area contributed by atoms with E-state index < -0.39 is 6.03 Å². The van der Waals surface area contributed by atoms with Gasteiger partial charge in [-0.05, 0) is 59.0 Å². The molecule has 0 aliphatic heterocycles. The normalized spacial score (nSPS) is 12.7. The molecule has 1 aliphatic carbocycles. The van der Waals surface area contributed by atoms with Gasteiger partial charge in [-0.25, -0.2) is 9.48 Å². The Balaban J connectivity index is 0.000000179. The Hall–Kier alpha value is -2.68. The van der Waals surface area contributed by atoms with Crippen LogP contribution in [0.4, 0.5) is 10.6 Å². The molecule has 1 heterocycles. The van der Waals surface area contributed by atoms with Crippen LogP contribution in [0, 0.1) is 6.92 Å². The summed E-state index contributed by atoms with van der Waals surface area (Å²) in [4.78, 5) is 11.0. The number of rotatable bonds is 6. The first kappa shape index (κ1) is 23.0. The van der Waals surface area contributed by atoms with Gasteiger partial charge in [0.25, 0.3) is 0 Å². The number of aromatic nitrogens is 2. The van der Waals surface area contributed by atoms with Crippen molar-refractivity contribution in [2.75, 3.05) is 25.6 Å². The summed E-state index contributed by atoms with van der Waals surface area (Å²) in [5, 5.41) is 6.89. The zero-order valence-electron chi connectivity index (χ0n) is 17.7. The van der Waals surface area contributed by atoms with E-state index in [1.54, 1.807) is 11.8 Å². The lowest BCUT2D eigenvalue weighted by Gasteiger charge is -2.09. The standard InChI is InChI=1S/C12H16O2.C11H11BrN4O/c1-13-6-7-14-12-8-10-4-2-3-5-11(10)9-12;1-7-9(12)10(14-11(13)17)16(15-7)8-5-3-2-4-6-8/h2-5,12H,6-9H2,1H3;2-6H,1H3,(H3,13,14,17). The number of carbonyl (C=O) groups is 1. The molecule has 3 N–H and O–H groups in total. The molecule has 0 fully saturated rings. The van der Waals surface area contributed by atoms with Crippen molar-refractivity contribution in [2.24, 2.45) is 5.73 Å². The van der Waals surface area contributed by atoms with E-state index in [4.69, 9.17) is 15.2 Å². The molecule has 0 saturated carbocycles. The van der Waals surface area contributed by atoms with Gasteiger partial charge in [-0.15, -0.1) is 0 Å². The Morgan fingerprint density at radius 3 is 2.32 bits per heavy atom. The van der Waals surface area contributed by atoms with Crippen molar-refractivity contribution in [1.82, 2.24) is 9.78 Å². The SMILES string of the molecule is COCCOC1Cc2ccccc2C1.Cc1nn(-c2ccccc2)c(NC(N)=O)c1Br. The monoisotopic (exact) mass is 486 g/mol. The molecule has 0 radical (unpaired) electrons. The first-order valence-corrected chi connectivity index (χ1v) is 10.8. The van der Waals surface area contributed by atoms with E-state index in [2.05, 4.69) is 50.6 Å². The minimum absolute atomic E-state index is 0.363. The van der Waals surface area contributed by atoms with Gasteiger partial charge < -0.3 is 15.2 Å². The van der Waals surface area contributed by atoms with Gasteiger partial charge in [-0.1, -0.05) is 42.5 Å². The molecule has 4 rings (SSSR count). The quantitative estimate of drug-likeness (QED) is 0.509. The molecular weight excluding hydrogens is 460 g/mol. The van der Waals surface area contributed by atoms with E-state index in [9.17, 15) is 4.79 Å². The first-order valence-electron chi connectivity index (χ1n) is 10.0. The van der Waals surface area contributed by atoms with Crippen molar-refractivity contribution in [2.45, 2.75) is 25.9 Å². The summed E-state index contributed by atoms with van der Waals surface area (Å²) in [6.07, 6.45) is 2.47. The van der Waals surface area contributed by atoms with Crippen LogP contribution in [-0.4, -0.2) is 42.2 Å². The van der Waals surface area contributed by atoms with Crippen LogP contribution >= 0.6 is 15.9 Å². The van der Waals surface area contributed by atoms with Crippen molar-refractivity contribution in [3.63, 3.8) is 0 Å². The molecule has 31 heavy (non-hydrogen) atoms. The summed E-state index contributed by atoms with van der Waals surface area (Å²) in [6, 6.07) is 17.4. The summed E-state index contributed by atoms with van der Waals surface area (Å²) >= 11 is 3.37. The van der Waals surface area contributed by atoms with Gasteiger partial charge in [0, 0.05) is 7.11 Å². The molecule has 0 unspecified atom stereocenters. The lowest BCUT2D eigenvalue weighted by atomic mass is 10.1. The highest BCUT2D eigenvalue weighted by atomic mass is 79.9. The van der Waals surface area contributed by atoms with E-state index in [1.807, 2.05) is 37.3 Å². The Labute approximate surface area is 190 Å². The number of urea groups is 1. The maximum atomic E-state index is 11.0. The molecule has 0 spiro atoms. The fraction of sp³-hybridized carbons (Fsp3) is 0.304. The van der Waals surface area contributed by atoms with Crippen LogP contribution < -0.4 is 11.1 Å². The number of primary amides is 1. The highest BCUT2D eigenvalue weighted by Gasteiger charge is 2.20. The molecule has 0 atom stereocenters. The third-order valence-electron chi connectivity index (χ3n) is 4.88. The molecule has 1 aromatic heterocycles. The number of ether oxygens (including phenoxy) is 2. The number of carbonyl (C=O) groups excluding carboxylic acids is 1. The number of amides is 2. The second-order valence-corrected chi connectivity index (χ2v) is 7.94. The summed E-state index contributed by atoms with van der Waals surface area (Å²) < 4.78 is 13.0. The van der Waals surface area contributed by atoms with Crippen molar-refractivity contribution in [3.8, 4) is 5.69 Å². The van der Waals surface area contributed by atoms with Gasteiger partial charge in [0.2, 0.25) is 0 Å². The number of benzene rings is 2. The third-order valence-corrected chi connectivity index (χ3v) is 5.83. The van der Waals surface area contributed by atoms with E-state index in [0.29, 0.717) is 25.1 Å². The van der Waals surface area contributed by atoms with Crippen LogP contribution in [-0.2, 0) is 22.3 Å². The Kier molecular flexibility index (Phi) is 8.22. The van der Waals surface area contributed by atoms with Crippen molar-refractivity contribution in [1.29, 1.82) is 0 Å². The van der Waals surface area contributed by atoms with Crippen molar-refractivity contribution in [3.05, 3.63) is 75.9 Å². The Morgan fingerprint density at radius 2 is 1.74 bits per heavy atom. The second-order valence-electron chi connectivity index (χ2n) is 7.15. The van der Waals surface area contributed by atoms with E-state index >= 15 is 0 Å². The number of nitrogens with one attached hydrogen (secondary N) is 1. The largest absolute Gasteiger partial charge is 0.382 e. The van der Waals surface area contributed by atoms with E-state index in [-0.39, 0.29) is 0 Å². The molecule has 1 aliphatic rings. The topological polar surface area (TPSA) is 91.4 Å². The number of methoxy groups -OCH3 is 1. The van der Waals surface area contributed by atoms with Crippen LogP contribution in [0.3, 0.4) is 0 Å². The zero-order valence-corrected chi connectivity index (χ0v) is 19.3. The highest BCUT2D eigenvalue weighted by Crippen LogP contribution is 2.28. The number of hydrogen-bond donors (Lipinski definition) is 2. The summed E-state index contributed by atoms with van der Waals surface area (Å²) in [5.41, 5.74) is 9.64. The highest BCUT2D eigenvalue weighted by molar-refractivity contribution is 9.10. The molecule has 7 nitrogen and oxygen atoms in total. The van der Waals surface area contributed by atoms with Gasteiger partial charge in [-0.3, -0.25) is 5.32 Å². The van der Waals surface area contributed by atoms with Crippen LogP contribution in [0.1, 0.15) is 16.8 Å². The van der Waals surface area contributed by atoms with Gasteiger partial charge in [0.1, 0.15) is 0 Å². The molecule has 0 saturated heterocycles. The van der Waals surface area contributed by atoms with Crippen molar-refractivity contribution >= 4 is 27.8 Å². The maximum absolute atomic E-state index is 11.0. The fourth-order valence-electron chi connectivity index (χ4n) is 3.42. The Morgan fingerprint density at radius 1 is 1.13 bits per heavy atom. The van der Waals surface area contributed by atoms with Crippen molar-refractivity contribution < 1.29 is 14.3 Å². The number of nitrogens with zero attached hydrogens (tertiary/aromatic N) is 2. The molecule has 8 heteroatoms. The zero-order chi connectivity index (χ0) is 22.2. The minimum atomic E-state index is -0.622. The van der Waals surface area contributed by atoms with Gasteiger partial charge >= 0.3 is 6.03 Å². The van der Waals surface area contributed by atoms with Crippen LogP contribution in [0.25, 0.3) is 5.69 Å². The number of aryl methyl sites for hydroxylation is 1. The number of hydrogen-bond acceptors (Lipinski definition) is 4. The lowest BCUT2D eigenvalue weighted by molar-refractivity contribution is 0.0227. The average Bonchev–Trinajstić information content (AvgIpc) is 3.30. The summed E-state index contributed by atoms with van der Waals surface area (Å²) in [5.74, 6) is 0.529. The minimum Gasteiger partial charge on any atom is -0.382 e. The lowest BCUT2D eigenvalue weighted by Crippen LogP contribution is -2.21. The molecular formula is C23H27BrN4O3. The first-order chi connectivity index (χ1) is 15.0. The maximum Gasteiger partial charge on any atom is 0.317 e. The summed E-state index contributed by atoms with van der Waals surface area (Å²) in [6.45, 7) is 3.23. The molecule has 0 bridgehead atoms. The number of fused-ring (bicyclic) bond motifs is 1. The molecule has 3 aromatic rings. The smallest absolute Gasteiger partial charge is 0.317 e. The van der Waals surface area contributed by atoms with E-state index in [1.165, 1.54) is 11.1 Å². The van der Waals surface area contributed by atoms with Crippen LogP contribution in [0.5, 0.6) is 0 Å². The second kappa shape index (κ2) is 11.1. The molecule has 164 valence electrons. The van der Waals surface area contributed by atoms with Gasteiger partial charge in [0.15, 0.2) is 5.82 Å². The average molecular weight is 487 g/mol. The molecule has 2 amide bonds. The van der Waals surface area contributed by atoms with E-state index in [0.717, 1.165) is 28.7 Å². The Bertz CT molecular complexity index is 982. The number of para-hydroxylation sites is 1. The van der Waals surface area contributed by atoms with Gasteiger partial charge in [-0.2, -0.15) is 5.10 Å².